The van der Waals surface area contributed by atoms with E-state index in [0.29, 0.717) is 22.2 Å². The molecule has 0 bridgehead atoms. The molecule has 2 aromatic carbocycles. The van der Waals surface area contributed by atoms with Gasteiger partial charge < -0.3 is 15.0 Å². The quantitative estimate of drug-likeness (QED) is 0.354. The molecule has 0 aliphatic carbocycles. The smallest absolute Gasteiger partial charge is 0.337 e. The van der Waals surface area contributed by atoms with Crippen molar-refractivity contribution in [3.8, 4) is 0 Å². The Morgan fingerprint density at radius 2 is 1.87 bits per heavy atom. The third-order valence-corrected chi connectivity index (χ3v) is 5.56. The number of hydrogen-bond acceptors (Lipinski definition) is 6. The molecule has 1 aliphatic heterocycles. The number of H-pyrrole nitrogens is 1. The van der Waals surface area contributed by atoms with Gasteiger partial charge in [0.2, 0.25) is 0 Å². The Bertz CT molecular complexity index is 1210. The Morgan fingerprint density at radius 3 is 2.52 bits per heavy atom. The van der Waals surface area contributed by atoms with Crippen LogP contribution in [0.1, 0.15) is 29.5 Å². The Kier molecular flexibility index (Phi) is 5.90. The van der Waals surface area contributed by atoms with E-state index >= 15 is 0 Å². The van der Waals surface area contributed by atoms with Gasteiger partial charge in [0.25, 0.3) is 5.56 Å². The number of benzene rings is 2. The van der Waals surface area contributed by atoms with Crippen LogP contribution in [0, 0.1) is 5.82 Å². The summed E-state index contributed by atoms with van der Waals surface area (Å²) in [6, 6.07) is 15.0. The van der Waals surface area contributed by atoms with Crippen molar-refractivity contribution in [3.63, 3.8) is 0 Å². The minimum atomic E-state index is -0.779. The van der Waals surface area contributed by atoms with Crippen LogP contribution in [0.25, 0.3) is 5.70 Å². The number of carbonyl (C=O) groups excluding carboxylic acids is 1. The molecule has 0 fully saturated rings. The molecule has 0 saturated heterocycles. The van der Waals surface area contributed by atoms with Gasteiger partial charge in [0.15, 0.2) is 5.16 Å². The molecule has 1 aromatic heterocycles. The molecule has 0 spiro atoms. The molecule has 3 aromatic rings. The van der Waals surface area contributed by atoms with Gasteiger partial charge in [-0.1, -0.05) is 54.2 Å². The van der Waals surface area contributed by atoms with E-state index in [9.17, 15) is 14.0 Å². The van der Waals surface area contributed by atoms with Crippen molar-refractivity contribution in [1.29, 1.82) is 0 Å². The lowest BCUT2D eigenvalue weighted by atomic mass is 9.81. The average molecular weight is 437 g/mol. The molecule has 2 N–H and O–H groups in total. The first kappa shape index (κ1) is 20.9. The SMILES string of the molecule is CCOC(=O)C1=C(c2ccccc2)Nc2nc(SC)[nH]c(=O)c2C1c1ccc(F)cc1. The van der Waals surface area contributed by atoms with Gasteiger partial charge in [0.05, 0.1) is 29.4 Å². The molecular weight excluding hydrogens is 417 g/mol. The molecule has 1 unspecified atom stereocenters. The van der Waals surface area contributed by atoms with Crippen LogP contribution in [0.15, 0.2) is 70.1 Å². The third-order valence-electron chi connectivity index (χ3n) is 4.98. The number of halogens is 1. The minimum absolute atomic E-state index is 0.174. The molecule has 2 heterocycles. The lowest BCUT2D eigenvalue weighted by Gasteiger charge is -2.30. The zero-order chi connectivity index (χ0) is 22.0. The third kappa shape index (κ3) is 3.98. The van der Waals surface area contributed by atoms with Gasteiger partial charge in [-0.25, -0.2) is 14.2 Å². The van der Waals surface area contributed by atoms with Gasteiger partial charge in [0.1, 0.15) is 11.6 Å². The molecule has 31 heavy (non-hydrogen) atoms. The van der Waals surface area contributed by atoms with Gasteiger partial charge in [-0.2, -0.15) is 0 Å². The fourth-order valence-corrected chi connectivity index (χ4v) is 4.02. The summed E-state index contributed by atoms with van der Waals surface area (Å²) in [5.41, 5.74) is 2.03. The van der Waals surface area contributed by atoms with Gasteiger partial charge in [-0.3, -0.25) is 4.79 Å². The first-order valence-corrected chi connectivity index (χ1v) is 10.9. The summed E-state index contributed by atoms with van der Waals surface area (Å²) >= 11 is 1.30. The van der Waals surface area contributed by atoms with Crippen LogP contribution in [0.4, 0.5) is 10.2 Å². The molecule has 0 radical (unpaired) electrons. The van der Waals surface area contributed by atoms with Crippen LogP contribution in [0.2, 0.25) is 0 Å². The number of rotatable bonds is 5. The number of aromatic amines is 1. The second kappa shape index (κ2) is 8.77. The van der Waals surface area contributed by atoms with E-state index in [4.69, 9.17) is 4.74 Å². The van der Waals surface area contributed by atoms with E-state index in [0.717, 1.165) is 5.56 Å². The zero-order valence-electron chi connectivity index (χ0n) is 16.9. The van der Waals surface area contributed by atoms with E-state index in [2.05, 4.69) is 15.3 Å². The van der Waals surface area contributed by atoms with Crippen molar-refractivity contribution in [3.05, 3.63) is 93.0 Å². The van der Waals surface area contributed by atoms with Gasteiger partial charge in [-0.05, 0) is 36.4 Å². The first-order chi connectivity index (χ1) is 15.0. The predicted molar refractivity (Wildman–Crippen MR) is 118 cm³/mol. The fourth-order valence-electron chi connectivity index (χ4n) is 3.65. The van der Waals surface area contributed by atoms with Gasteiger partial charge >= 0.3 is 5.97 Å². The van der Waals surface area contributed by atoms with Crippen molar-refractivity contribution >= 4 is 29.2 Å². The van der Waals surface area contributed by atoms with Gasteiger partial charge in [-0.15, -0.1) is 0 Å². The van der Waals surface area contributed by atoms with Crippen LogP contribution in [0.3, 0.4) is 0 Å². The zero-order valence-corrected chi connectivity index (χ0v) is 17.8. The molecule has 4 rings (SSSR count). The lowest BCUT2D eigenvalue weighted by Crippen LogP contribution is -2.31. The van der Waals surface area contributed by atoms with Crippen LogP contribution in [0.5, 0.6) is 0 Å². The lowest BCUT2D eigenvalue weighted by molar-refractivity contribution is -0.138. The molecular formula is C23H20FN3O3S. The first-order valence-electron chi connectivity index (χ1n) is 9.70. The van der Waals surface area contributed by atoms with E-state index in [1.807, 2.05) is 36.6 Å². The number of ether oxygens (including phenoxy) is 1. The van der Waals surface area contributed by atoms with Crippen LogP contribution >= 0.6 is 11.8 Å². The number of carbonyl (C=O) groups is 1. The number of hydrogen-bond donors (Lipinski definition) is 2. The highest BCUT2D eigenvalue weighted by atomic mass is 32.2. The average Bonchev–Trinajstić information content (AvgIpc) is 2.79. The normalized spacial score (nSPS) is 15.3. The van der Waals surface area contributed by atoms with Crippen LogP contribution < -0.4 is 10.9 Å². The van der Waals surface area contributed by atoms with E-state index < -0.39 is 17.7 Å². The summed E-state index contributed by atoms with van der Waals surface area (Å²) in [5.74, 6) is -1.39. The maximum atomic E-state index is 13.6. The van der Waals surface area contributed by atoms with Crippen LogP contribution in [-0.2, 0) is 9.53 Å². The topological polar surface area (TPSA) is 84.1 Å². The number of anilines is 1. The largest absolute Gasteiger partial charge is 0.463 e. The molecule has 1 atom stereocenters. The molecule has 158 valence electrons. The number of aromatic nitrogens is 2. The summed E-state index contributed by atoms with van der Waals surface area (Å²) in [6.07, 6.45) is 1.81. The highest BCUT2D eigenvalue weighted by Crippen LogP contribution is 2.42. The monoisotopic (exact) mass is 437 g/mol. The number of thioether (sulfide) groups is 1. The molecule has 0 saturated carbocycles. The van der Waals surface area contributed by atoms with Crippen LogP contribution in [-0.4, -0.2) is 28.8 Å². The Morgan fingerprint density at radius 1 is 1.16 bits per heavy atom. The summed E-state index contributed by atoms with van der Waals surface area (Å²) in [5, 5.41) is 3.64. The van der Waals surface area contributed by atoms with Crippen molar-refractivity contribution in [2.45, 2.75) is 18.0 Å². The van der Waals surface area contributed by atoms with Crippen molar-refractivity contribution < 1.29 is 13.9 Å². The van der Waals surface area contributed by atoms with Crippen molar-refractivity contribution in [2.75, 3.05) is 18.2 Å². The Hall–Kier alpha value is -3.39. The predicted octanol–water partition coefficient (Wildman–Crippen LogP) is 4.16. The Labute approximate surface area is 182 Å². The second-order valence-electron chi connectivity index (χ2n) is 6.82. The maximum absolute atomic E-state index is 13.6. The molecule has 1 aliphatic rings. The number of nitrogens with one attached hydrogen (secondary N) is 2. The van der Waals surface area contributed by atoms with Gasteiger partial charge in [0, 0.05) is 0 Å². The van der Waals surface area contributed by atoms with Crippen molar-refractivity contribution in [2.24, 2.45) is 0 Å². The standard InChI is InChI=1S/C23H20FN3O3S/c1-3-30-22(29)17-16(13-9-11-15(24)12-10-13)18-20(26-23(31-2)27-21(18)28)25-19(17)14-7-5-4-6-8-14/h4-12,16H,3H2,1-2H3,(H2,25,26,27,28). The van der Waals surface area contributed by atoms with E-state index in [1.165, 1.54) is 23.9 Å². The van der Waals surface area contributed by atoms with E-state index in [-0.39, 0.29) is 23.3 Å². The number of esters is 1. The molecule has 6 nitrogen and oxygen atoms in total. The van der Waals surface area contributed by atoms with E-state index in [1.54, 1.807) is 19.1 Å². The molecule has 8 heteroatoms. The summed E-state index contributed by atoms with van der Waals surface area (Å²) in [7, 11) is 0. The highest BCUT2D eigenvalue weighted by Gasteiger charge is 2.38. The summed E-state index contributed by atoms with van der Waals surface area (Å²) in [6.45, 7) is 1.89. The second-order valence-corrected chi connectivity index (χ2v) is 7.62. The summed E-state index contributed by atoms with van der Waals surface area (Å²) in [4.78, 5) is 33.5. The Balaban J connectivity index is 2.04. The maximum Gasteiger partial charge on any atom is 0.337 e. The van der Waals surface area contributed by atoms with Crippen molar-refractivity contribution in [1.82, 2.24) is 9.97 Å². The molecule has 0 amide bonds. The fraction of sp³-hybridized carbons (Fsp3) is 0.174. The minimum Gasteiger partial charge on any atom is -0.463 e. The highest BCUT2D eigenvalue weighted by molar-refractivity contribution is 7.98. The number of fused-ring (bicyclic) bond motifs is 1. The summed E-state index contributed by atoms with van der Waals surface area (Å²) < 4.78 is 19.0. The number of nitrogens with zero attached hydrogens (tertiary/aromatic N) is 1.